The zero-order valence-corrected chi connectivity index (χ0v) is 11.5. The molecule has 1 aliphatic heterocycles. The highest BCUT2D eigenvalue weighted by Crippen LogP contribution is 2.49. The highest BCUT2D eigenvalue weighted by Gasteiger charge is 2.64. The number of halogens is 5. The molecule has 1 fully saturated rings. The van der Waals surface area contributed by atoms with Crippen LogP contribution in [0.15, 0.2) is 54.6 Å². The topological polar surface area (TPSA) is 20.3 Å². The maximum atomic E-state index is 13.9. The van der Waals surface area contributed by atoms with E-state index in [2.05, 4.69) is 0 Å². The lowest BCUT2D eigenvalue weighted by Gasteiger charge is -2.46. The summed E-state index contributed by atoms with van der Waals surface area (Å²) in [5.41, 5.74) is -0.707. The fourth-order valence-corrected chi connectivity index (χ4v) is 2.56. The average Bonchev–Trinajstić information content (AvgIpc) is 2.52. The number of nitrogens with zero attached hydrogens (tertiary/aromatic N) is 1. The standard InChI is InChI=1S/C16H10F5NO/c17-15(18)13(10-6-8-11(9-7-10)16(19,20)21)22(14(15)23)12-4-2-1-3-5-12/h1-9,13H/t13-/m1/s1. The predicted molar refractivity (Wildman–Crippen MR) is 73.1 cm³/mol. The van der Waals surface area contributed by atoms with Crippen molar-refractivity contribution >= 4 is 11.6 Å². The van der Waals surface area contributed by atoms with E-state index in [-0.39, 0.29) is 11.3 Å². The van der Waals surface area contributed by atoms with Crippen molar-refractivity contribution in [1.29, 1.82) is 0 Å². The fourth-order valence-electron chi connectivity index (χ4n) is 2.56. The molecule has 1 heterocycles. The Morgan fingerprint density at radius 2 is 1.48 bits per heavy atom. The third-order valence-corrected chi connectivity index (χ3v) is 3.69. The lowest BCUT2D eigenvalue weighted by molar-refractivity contribution is -0.162. The molecule has 120 valence electrons. The first-order valence-corrected chi connectivity index (χ1v) is 6.66. The lowest BCUT2D eigenvalue weighted by Crippen LogP contribution is -2.64. The van der Waals surface area contributed by atoms with Crippen LogP contribution in [0.25, 0.3) is 0 Å². The van der Waals surface area contributed by atoms with Crippen LogP contribution in [-0.2, 0) is 11.0 Å². The van der Waals surface area contributed by atoms with Crippen LogP contribution < -0.4 is 4.90 Å². The molecule has 0 bridgehead atoms. The number of carbonyl (C=O) groups is 1. The maximum absolute atomic E-state index is 13.9. The number of amides is 1. The van der Waals surface area contributed by atoms with E-state index in [4.69, 9.17) is 0 Å². The van der Waals surface area contributed by atoms with Gasteiger partial charge in [0, 0.05) is 5.69 Å². The zero-order chi connectivity index (χ0) is 16.8. The molecule has 3 rings (SSSR count). The van der Waals surface area contributed by atoms with Gasteiger partial charge in [-0.1, -0.05) is 30.3 Å². The van der Waals surface area contributed by atoms with Gasteiger partial charge < -0.3 is 0 Å². The summed E-state index contributed by atoms with van der Waals surface area (Å²) in [5.74, 6) is -5.01. The zero-order valence-electron chi connectivity index (χ0n) is 11.5. The van der Waals surface area contributed by atoms with Crippen LogP contribution in [-0.4, -0.2) is 11.8 Å². The first kappa shape index (κ1) is 15.5. The van der Waals surface area contributed by atoms with Crippen molar-refractivity contribution < 1.29 is 26.7 Å². The molecule has 1 saturated heterocycles. The van der Waals surface area contributed by atoms with Gasteiger partial charge in [0.05, 0.1) is 5.56 Å². The molecule has 0 N–H and O–H groups in total. The Morgan fingerprint density at radius 1 is 0.913 bits per heavy atom. The van der Waals surface area contributed by atoms with E-state index >= 15 is 0 Å². The maximum Gasteiger partial charge on any atom is 0.416 e. The third-order valence-electron chi connectivity index (χ3n) is 3.69. The summed E-state index contributed by atoms with van der Waals surface area (Å²) in [6.45, 7) is 0. The van der Waals surface area contributed by atoms with E-state index in [9.17, 15) is 26.7 Å². The Balaban J connectivity index is 1.97. The van der Waals surface area contributed by atoms with E-state index in [1.54, 1.807) is 18.2 Å². The van der Waals surface area contributed by atoms with Gasteiger partial charge in [0.25, 0.3) is 0 Å². The highest BCUT2D eigenvalue weighted by molar-refractivity contribution is 6.07. The fraction of sp³-hybridized carbons (Fsp3) is 0.188. The van der Waals surface area contributed by atoms with E-state index in [0.717, 1.165) is 29.2 Å². The van der Waals surface area contributed by atoms with Crippen molar-refractivity contribution in [2.24, 2.45) is 0 Å². The van der Waals surface area contributed by atoms with E-state index in [1.807, 2.05) is 0 Å². The summed E-state index contributed by atoms with van der Waals surface area (Å²) < 4.78 is 65.6. The summed E-state index contributed by atoms with van der Waals surface area (Å²) in [6.07, 6.45) is -4.55. The van der Waals surface area contributed by atoms with E-state index in [1.165, 1.54) is 12.1 Å². The SMILES string of the molecule is O=C1N(c2ccccc2)[C@H](c2ccc(C(F)(F)F)cc2)C1(F)F. The van der Waals surface area contributed by atoms with E-state index in [0.29, 0.717) is 0 Å². The second-order valence-electron chi connectivity index (χ2n) is 5.16. The van der Waals surface area contributed by atoms with E-state index < -0.39 is 29.6 Å². The van der Waals surface area contributed by atoms with Crippen molar-refractivity contribution in [2.45, 2.75) is 18.1 Å². The first-order chi connectivity index (χ1) is 10.7. The minimum Gasteiger partial charge on any atom is -0.293 e. The molecule has 0 radical (unpaired) electrons. The number of alkyl halides is 5. The number of β-lactam (4-membered cyclic amide) rings is 1. The van der Waals surface area contributed by atoms with Crippen molar-refractivity contribution in [3.8, 4) is 0 Å². The van der Waals surface area contributed by atoms with Crippen LogP contribution in [0, 0.1) is 0 Å². The number of hydrogen-bond donors (Lipinski definition) is 0. The van der Waals surface area contributed by atoms with Crippen LogP contribution in [0.3, 0.4) is 0 Å². The van der Waals surface area contributed by atoms with Crippen molar-refractivity contribution in [2.75, 3.05) is 4.90 Å². The Morgan fingerprint density at radius 3 is 2.00 bits per heavy atom. The molecular formula is C16H10F5NO. The Hall–Kier alpha value is -2.44. The number of anilines is 1. The smallest absolute Gasteiger partial charge is 0.293 e. The highest BCUT2D eigenvalue weighted by atomic mass is 19.4. The van der Waals surface area contributed by atoms with Crippen LogP contribution in [0.2, 0.25) is 0 Å². The molecule has 7 heteroatoms. The molecule has 0 unspecified atom stereocenters. The number of benzene rings is 2. The van der Waals surface area contributed by atoms with Gasteiger partial charge in [-0.15, -0.1) is 0 Å². The Labute approximate surface area is 128 Å². The first-order valence-electron chi connectivity index (χ1n) is 6.66. The number of para-hydroxylation sites is 1. The molecule has 0 aromatic heterocycles. The number of hydrogen-bond acceptors (Lipinski definition) is 1. The largest absolute Gasteiger partial charge is 0.416 e. The van der Waals surface area contributed by atoms with Crippen LogP contribution in [0.1, 0.15) is 17.2 Å². The van der Waals surface area contributed by atoms with Gasteiger partial charge in [0.1, 0.15) is 6.04 Å². The molecule has 0 aliphatic carbocycles. The van der Waals surface area contributed by atoms with Crippen LogP contribution in [0.4, 0.5) is 27.6 Å². The van der Waals surface area contributed by atoms with Crippen LogP contribution in [0.5, 0.6) is 0 Å². The molecule has 1 aliphatic rings. The summed E-state index contributed by atoms with van der Waals surface area (Å²) in [5, 5.41) is 0. The van der Waals surface area contributed by atoms with Gasteiger partial charge in [0.2, 0.25) is 0 Å². The molecule has 2 aromatic rings. The summed E-state index contributed by atoms with van der Waals surface area (Å²) in [7, 11) is 0. The molecule has 23 heavy (non-hydrogen) atoms. The molecule has 1 atom stereocenters. The molecule has 1 amide bonds. The number of carbonyl (C=O) groups excluding carboxylic acids is 1. The quantitative estimate of drug-likeness (QED) is 0.590. The average molecular weight is 327 g/mol. The van der Waals surface area contributed by atoms with Gasteiger partial charge in [-0.25, -0.2) is 0 Å². The van der Waals surface area contributed by atoms with Crippen molar-refractivity contribution in [3.05, 3.63) is 65.7 Å². The molecule has 2 aromatic carbocycles. The van der Waals surface area contributed by atoms with Crippen molar-refractivity contribution in [1.82, 2.24) is 0 Å². The molecule has 2 nitrogen and oxygen atoms in total. The van der Waals surface area contributed by atoms with Gasteiger partial charge in [-0.05, 0) is 29.8 Å². The Kier molecular flexibility index (Phi) is 3.39. The molecule has 0 saturated carbocycles. The monoisotopic (exact) mass is 327 g/mol. The normalized spacial score (nSPS) is 20.3. The Bertz CT molecular complexity index is 724. The summed E-state index contributed by atoms with van der Waals surface area (Å²) in [4.78, 5) is 12.6. The van der Waals surface area contributed by atoms with Crippen molar-refractivity contribution in [3.63, 3.8) is 0 Å². The second-order valence-corrected chi connectivity index (χ2v) is 5.16. The lowest BCUT2D eigenvalue weighted by atomic mass is 9.88. The van der Waals surface area contributed by atoms with Gasteiger partial charge >= 0.3 is 18.0 Å². The summed E-state index contributed by atoms with van der Waals surface area (Å²) in [6, 6.07) is 9.63. The third kappa shape index (κ3) is 2.46. The minimum atomic E-state index is -4.55. The molecular weight excluding hydrogens is 317 g/mol. The molecule has 0 spiro atoms. The second kappa shape index (κ2) is 5.04. The summed E-state index contributed by atoms with van der Waals surface area (Å²) >= 11 is 0. The van der Waals surface area contributed by atoms with Gasteiger partial charge in [0.15, 0.2) is 0 Å². The van der Waals surface area contributed by atoms with Crippen LogP contribution >= 0.6 is 0 Å². The van der Waals surface area contributed by atoms with Gasteiger partial charge in [-0.2, -0.15) is 22.0 Å². The minimum absolute atomic E-state index is 0.0496. The number of rotatable bonds is 2. The predicted octanol–water partition coefficient (Wildman–Crippen LogP) is 4.43. The van der Waals surface area contributed by atoms with Gasteiger partial charge in [-0.3, -0.25) is 9.69 Å².